The zero-order valence-corrected chi connectivity index (χ0v) is 13.8. The third-order valence-corrected chi connectivity index (χ3v) is 6.23. The molecule has 8 heteroatoms. The number of carbonyl (C=O) groups is 1. The van der Waals surface area contributed by atoms with Gasteiger partial charge in [-0.1, -0.05) is 13.3 Å². The second-order valence-electron chi connectivity index (χ2n) is 5.24. The molecule has 0 saturated carbocycles. The van der Waals surface area contributed by atoms with Crippen molar-refractivity contribution in [3.05, 3.63) is 16.1 Å². The van der Waals surface area contributed by atoms with Gasteiger partial charge in [0.2, 0.25) is 0 Å². The standard InChI is InChI=1S/C13H21N3O3S2/c1-2-3-5-16(10-4-6-21(18,19)9-10)13(17)11-8-20-12(7-14)15-11/h8,10H,2-7,9,14H2,1H3. The van der Waals surface area contributed by atoms with Crippen LogP contribution in [0.5, 0.6) is 0 Å². The SMILES string of the molecule is CCCCN(C(=O)c1csc(CN)n1)C1CCS(=O)(=O)C1. The molecule has 1 aliphatic heterocycles. The fourth-order valence-electron chi connectivity index (χ4n) is 2.45. The molecule has 1 amide bonds. The van der Waals surface area contributed by atoms with Crippen LogP contribution >= 0.6 is 11.3 Å². The number of rotatable bonds is 6. The Morgan fingerprint density at radius 2 is 2.33 bits per heavy atom. The van der Waals surface area contributed by atoms with Crippen LogP contribution in [0.4, 0.5) is 0 Å². The van der Waals surface area contributed by atoms with Crippen LogP contribution in [0, 0.1) is 0 Å². The fraction of sp³-hybridized carbons (Fsp3) is 0.692. The molecule has 1 aromatic rings. The number of nitrogens with two attached hydrogens (primary N) is 1. The molecule has 1 aliphatic rings. The third-order valence-electron chi connectivity index (χ3n) is 3.61. The summed E-state index contributed by atoms with van der Waals surface area (Å²) in [5, 5.41) is 2.42. The van der Waals surface area contributed by atoms with Crippen molar-refractivity contribution in [1.82, 2.24) is 9.88 Å². The molecule has 2 N–H and O–H groups in total. The highest BCUT2D eigenvalue weighted by Crippen LogP contribution is 2.21. The lowest BCUT2D eigenvalue weighted by atomic mass is 10.2. The van der Waals surface area contributed by atoms with E-state index in [1.165, 1.54) is 11.3 Å². The second-order valence-corrected chi connectivity index (χ2v) is 8.41. The molecule has 0 aliphatic carbocycles. The number of hydrogen-bond acceptors (Lipinski definition) is 6. The van der Waals surface area contributed by atoms with Gasteiger partial charge in [-0.25, -0.2) is 13.4 Å². The molecular weight excluding hydrogens is 310 g/mol. The van der Waals surface area contributed by atoms with Gasteiger partial charge in [-0.3, -0.25) is 4.79 Å². The Labute approximate surface area is 129 Å². The van der Waals surface area contributed by atoms with Gasteiger partial charge >= 0.3 is 0 Å². The van der Waals surface area contributed by atoms with Gasteiger partial charge in [0, 0.05) is 24.5 Å². The van der Waals surface area contributed by atoms with Crippen LogP contribution in [0.3, 0.4) is 0 Å². The van der Waals surface area contributed by atoms with E-state index in [4.69, 9.17) is 5.73 Å². The first-order chi connectivity index (χ1) is 9.96. The summed E-state index contributed by atoms with van der Waals surface area (Å²) < 4.78 is 23.3. The molecule has 6 nitrogen and oxygen atoms in total. The summed E-state index contributed by atoms with van der Waals surface area (Å²) in [6.07, 6.45) is 2.33. The summed E-state index contributed by atoms with van der Waals surface area (Å²) >= 11 is 1.36. The van der Waals surface area contributed by atoms with Crippen LogP contribution in [0.2, 0.25) is 0 Å². The smallest absolute Gasteiger partial charge is 0.273 e. The van der Waals surface area contributed by atoms with Crippen molar-refractivity contribution in [3.8, 4) is 0 Å². The first-order valence-corrected chi connectivity index (χ1v) is 9.82. The summed E-state index contributed by atoms with van der Waals surface area (Å²) in [7, 11) is -3.01. The zero-order valence-electron chi connectivity index (χ0n) is 12.1. The maximum Gasteiger partial charge on any atom is 0.273 e. The number of nitrogens with zero attached hydrogens (tertiary/aromatic N) is 2. The molecule has 1 aromatic heterocycles. The Balaban J connectivity index is 2.17. The summed E-state index contributed by atoms with van der Waals surface area (Å²) in [4.78, 5) is 18.5. The quantitative estimate of drug-likeness (QED) is 0.840. The van der Waals surface area contributed by atoms with E-state index in [0.29, 0.717) is 30.2 Å². The van der Waals surface area contributed by atoms with Crippen molar-refractivity contribution in [3.63, 3.8) is 0 Å². The van der Waals surface area contributed by atoms with E-state index in [1.807, 2.05) is 6.92 Å². The highest BCUT2D eigenvalue weighted by Gasteiger charge is 2.35. The molecule has 1 saturated heterocycles. The molecule has 2 rings (SSSR count). The topological polar surface area (TPSA) is 93.4 Å². The molecule has 0 bridgehead atoms. The fourth-order valence-corrected chi connectivity index (χ4v) is 4.83. The van der Waals surface area contributed by atoms with E-state index in [2.05, 4.69) is 4.98 Å². The Hall–Kier alpha value is -0.990. The Morgan fingerprint density at radius 1 is 1.57 bits per heavy atom. The van der Waals surface area contributed by atoms with Gasteiger partial charge in [0.15, 0.2) is 9.84 Å². The third kappa shape index (κ3) is 4.02. The van der Waals surface area contributed by atoms with Crippen LogP contribution in [0.25, 0.3) is 0 Å². The molecule has 1 atom stereocenters. The number of carbonyl (C=O) groups excluding carboxylic acids is 1. The molecule has 1 fully saturated rings. The molecule has 21 heavy (non-hydrogen) atoms. The lowest BCUT2D eigenvalue weighted by Crippen LogP contribution is -2.42. The van der Waals surface area contributed by atoms with Crippen molar-refractivity contribution < 1.29 is 13.2 Å². The first-order valence-electron chi connectivity index (χ1n) is 7.12. The number of unbranched alkanes of at least 4 members (excludes halogenated alkanes) is 1. The predicted octanol–water partition coefficient (Wildman–Crippen LogP) is 1.03. The minimum Gasteiger partial charge on any atom is -0.333 e. The number of aromatic nitrogens is 1. The summed E-state index contributed by atoms with van der Waals surface area (Å²) in [5.41, 5.74) is 5.90. The van der Waals surface area contributed by atoms with Gasteiger partial charge in [-0.15, -0.1) is 11.3 Å². The van der Waals surface area contributed by atoms with Gasteiger partial charge in [0.05, 0.1) is 11.5 Å². The largest absolute Gasteiger partial charge is 0.333 e. The highest BCUT2D eigenvalue weighted by atomic mass is 32.2. The Bertz CT molecular complexity index is 598. The number of amides is 1. The first kappa shape index (κ1) is 16.4. The summed E-state index contributed by atoms with van der Waals surface area (Å²) in [5.74, 6) is 0.0520. The van der Waals surface area contributed by atoms with Crippen molar-refractivity contribution >= 4 is 27.1 Å². The maximum atomic E-state index is 12.6. The van der Waals surface area contributed by atoms with Crippen LogP contribution in [-0.4, -0.2) is 48.3 Å². The zero-order chi connectivity index (χ0) is 15.5. The molecule has 2 heterocycles. The lowest BCUT2D eigenvalue weighted by Gasteiger charge is -2.27. The van der Waals surface area contributed by atoms with Gasteiger partial charge in [-0.05, 0) is 12.8 Å². The van der Waals surface area contributed by atoms with Crippen LogP contribution < -0.4 is 5.73 Å². The van der Waals surface area contributed by atoms with Crippen molar-refractivity contribution in [2.24, 2.45) is 5.73 Å². The summed E-state index contributed by atoms with van der Waals surface area (Å²) in [6, 6.07) is -0.225. The van der Waals surface area contributed by atoms with E-state index in [9.17, 15) is 13.2 Å². The van der Waals surface area contributed by atoms with Gasteiger partial charge in [-0.2, -0.15) is 0 Å². The highest BCUT2D eigenvalue weighted by molar-refractivity contribution is 7.91. The number of thiazole rings is 1. The predicted molar refractivity (Wildman–Crippen MR) is 83.0 cm³/mol. The lowest BCUT2D eigenvalue weighted by molar-refractivity contribution is 0.0689. The second kappa shape index (κ2) is 6.85. The van der Waals surface area contributed by atoms with E-state index in [-0.39, 0.29) is 23.5 Å². The van der Waals surface area contributed by atoms with Crippen LogP contribution in [-0.2, 0) is 16.4 Å². The molecular formula is C13H21N3O3S2. The van der Waals surface area contributed by atoms with Crippen molar-refractivity contribution in [1.29, 1.82) is 0 Å². The van der Waals surface area contributed by atoms with Gasteiger partial charge in [0.1, 0.15) is 10.7 Å². The van der Waals surface area contributed by atoms with Crippen molar-refractivity contribution in [2.45, 2.75) is 38.8 Å². The Morgan fingerprint density at radius 3 is 2.86 bits per heavy atom. The van der Waals surface area contributed by atoms with Gasteiger partial charge in [0.25, 0.3) is 5.91 Å². The van der Waals surface area contributed by atoms with E-state index in [0.717, 1.165) is 12.8 Å². The summed E-state index contributed by atoms with van der Waals surface area (Å²) in [6.45, 7) is 2.93. The Kier molecular flexibility index (Phi) is 5.34. The minimum absolute atomic E-state index is 0.0658. The maximum absolute atomic E-state index is 12.6. The molecule has 0 radical (unpaired) electrons. The molecule has 1 unspecified atom stereocenters. The monoisotopic (exact) mass is 331 g/mol. The van der Waals surface area contributed by atoms with E-state index >= 15 is 0 Å². The van der Waals surface area contributed by atoms with Crippen molar-refractivity contribution in [2.75, 3.05) is 18.1 Å². The average Bonchev–Trinajstić information content (AvgIpc) is 3.05. The normalized spacial score (nSPS) is 20.6. The number of sulfone groups is 1. The minimum atomic E-state index is -3.01. The van der Waals surface area contributed by atoms with E-state index < -0.39 is 9.84 Å². The van der Waals surface area contributed by atoms with Crippen LogP contribution in [0.1, 0.15) is 41.7 Å². The average molecular weight is 331 g/mol. The number of hydrogen-bond donors (Lipinski definition) is 1. The molecule has 0 aromatic carbocycles. The van der Waals surface area contributed by atoms with Crippen LogP contribution in [0.15, 0.2) is 5.38 Å². The molecule has 0 spiro atoms. The van der Waals surface area contributed by atoms with Gasteiger partial charge < -0.3 is 10.6 Å². The van der Waals surface area contributed by atoms with E-state index in [1.54, 1.807) is 10.3 Å². The molecule has 118 valence electrons.